The SMILES string of the molecule is COc1ccc(CC(=O)CCC2CCCO2)cc1OC. The Labute approximate surface area is 120 Å². The summed E-state index contributed by atoms with van der Waals surface area (Å²) in [6.07, 6.45) is 4.35. The summed E-state index contributed by atoms with van der Waals surface area (Å²) in [6, 6.07) is 5.61. The van der Waals surface area contributed by atoms with Crippen LogP contribution in [0.25, 0.3) is 0 Å². The number of methoxy groups -OCH3 is 2. The van der Waals surface area contributed by atoms with Crippen molar-refractivity contribution in [2.24, 2.45) is 0 Å². The molecule has 110 valence electrons. The number of hydrogen-bond donors (Lipinski definition) is 0. The fourth-order valence-corrected chi connectivity index (χ4v) is 2.50. The molecule has 1 aliphatic rings. The van der Waals surface area contributed by atoms with Crippen LogP contribution in [-0.4, -0.2) is 32.7 Å². The van der Waals surface area contributed by atoms with Crippen molar-refractivity contribution in [2.45, 2.75) is 38.2 Å². The van der Waals surface area contributed by atoms with E-state index in [4.69, 9.17) is 14.2 Å². The number of carbonyl (C=O) groups is 1. The molecule has 1 fully saturated rings. The molecule has 1 saturated heterocycles. The van der Waals surface area contributed by atoms with E-state index >= 15 is 0 Å². The lowest BCUT2D eigenvalue weighted by Gasteiger charge is -2.10. The van der Waals surface area contributed by atoms with Crippen LogP contribution in [0.15, 0.2) is 18.2 Å². The van der Waals surface area contributed by atoms with Crippen molar-refractivity contribution in [3.05, 3.63) is 23.8 Å². The third-order valence-electron chi connectivity index (χ3n) is 3.62. The van der Waals surface area contributed by atoms with Crippen molar-refractivity contribution in [3.63, 3.8) is 0 Å². The van der Waals surface area contributed by atoms with E-state index in [1.165, 1.54) is 0 Å². The molecule has 0 bridgehead atoms. The molecule has 20 heavy (non-hydrogen) atoms. The zero-order valence-electron chi connectivity index (χ0n) is 12.2. The van der Waals surface area contributed by atoms with E-state index in [1.807, 2.05) is 18.2 Å². The number of hydrogen-bond acceptors (Lipinski definition) is 4. The Kier molecular flexibility index (Phi) is 5.41. The molecule has 1 aliphatic heterocycles. The summed E-state index contributed by atoms with van der Waals surface area (Å²) in [5.74, 6) is 1.59. The molecule has 4 nitrogen and oxygen atoms in total. The van der Waals surface area contributed by atoms with Crippen LogP contribution in [0.2, 0.25) is 0 Å². The highest BCUT2D eigenvalue weighted by molar-refractivity contribution is 5.81. The standard InChI is InChI=1S/C16H22O4/c1-18-15-8-5-12(11-16(15)19-2)10-13(17)6-7-14-4-3-9-20-14/h5,8,11,14H,3-4,6-7,9-10H2,1-2H3. The summed E-state index contributed by atoms with van der Waals surface area (Å²) in [6.45, 7) is 0.842. The second-order valence-electron chi connectivity index (χ2n) is 5.08. The first kappa shape index (κ1) is 14.9. The van der Waals surface area contributed by atoms with Gasteiger partial charge in [-0.25, -0.2) is 0 Å². The van der Waals surface area contributed by atoms with Crippen molar-refractivity contribution in [3.8, 4) is 11.5 Å². The largest absolute Gasteiger partial charge is 0.493 e. The van der Waals surface area contributed by atoms with E-state index in [2.05, 4.69) is 0 Å². The van der Waals surface area contributed by atoms with Gasteiger partial charge < -0.3 is 14.2 Å². The van der Waals surface area contributed by atoms with E-state index in [0.717, 1.165) is 31.4 Å². The fraction of sp³-hybridized carbons (Fsp3) is 0.562. The van der Waals surface area contributed by atoms with E-state index in [-0.39, 0.29) is 11.9 Å². The van der Waals surface area contributed by atoms with E-state index in [9.17, 15) is 4.79 Å². The zero-order valence-corrected chi connectivity index (χ0v) is 12.2. The van der Waals surface area contributed by atoms with Crippen LogP contribution < -0.4 is 9.47 Å². The molecular formula is C16H22O4. The Bertz CT molecular complexity index is 450. The number of ether oxygens (including phenoxy) is 3. The summed E-state index contributed by atoms with van der Waals surface area (Å²) < 4.78 is 16.0. The lowest BCUT2D eigenvalue weighted by atomic mass is 10.0. The third-order valence-corrected chi connectivity index (χ3v) is 3.62. The normalized spacial score (nSPS) is 18.0. The van der Waals surface area contributed by atoms with Gasteiger partial charge in [-0.15, -0.1) is 0 Å². The first-order chi connectivity index (χ1) is 9.72. The highest BCUT2D eigenvalue weighted by atomic mass is 16.5. The highest BCUT2D eigenvalue weighted by Gasteiger charge is 2.17. The predicted molar refractivity (Wildman–Crippen MR) is 76.5 cm³/mol. The molecule has 0 aliphatic carbocycles. The Morgan fingerprint density at radius 3 is 2.75 bits per heavy atom. The lowest BCUT2D eigenvalue weighted by Crippen LogP contribution is -2.10. The van der Waals surface area contributed by atoms with Crippen LogP contribution in [0.1, 0.15) is 31.2 Å². The number of ketones is 1. The average molecular weight is 278 g/mol. The van der Waals surface area contributed by atoms with Crippen molar-refractivity contribution < 1.29 is 19.0 Å². The van der Waals surface area contributed by atoms with Gasteiger partial charge >= 0.3 is 0 Å². The molecule has 4 heteroatoms. The second kappa shape index (κ2) is 7.29. The first-order valence-corrected chi connectivity index (χ1v) is 7.07. The van der Waals surface area contributed by atoms with Crippen LogP contribution in [0.4, 0.5) is 0 Å². The van der Waals surface area contributed by atoms with Crippen LogP contribution in [0.5, 0.6) is 11.5 Å². The molecule has 1 atom stereocenters. The Morgan fingerprint density at radius 1 is 1.30 bits per heavy atom. The molecular weight excluding hydrogens is 256 g/mol. The summed E-state index contributed by atoms with van der Waals surface area (Å²) in [4.78, 5) is 12.0. The monoisotopic (exact) mass is 278 g/mol. The topological polar surface area (TPSA) is 44.8 Å². The molecule has 0 saturated carbocycles. The minimum atomic E-state index is 0.243. The van der Waals surface area contributed by atoms with Crippen LogP contribution in [0, 0.1) is 0 Å². The minimum Gasteiger partial charge on any atom is -0.493 e. The summed E-state index contributed by atoms with van der Waals surface area (Å²) in [7, 11) is 3.20. The van der Waals surface area contributed by atoms with Gasteiger partial charge in [0.25, 0.3) is 0 Å². The van der Waals surface area contributed by atoms with Crippen molar-refractivity contribution in [2.75, 3.05) is 20.8 Å². The van der Waals surface area contributed by atoms with E-state index in [1.54, 1.807) is 14.2 Å². The van der Waals surface area contributed by atoms with Crippen molar-refractivity contribution >= 4 is 5.78 Å². The molecule has 1 aromatic carbocycles. The van der Waals surface area contributed by atoms with Gasteiger partial charge in [0.2, 0.25) is 0 Å². The van der Waals surface area contributed by atoms with Gasteiger partial charge in [-0.3, -0.25) is 4.79 Å². The average Bonchev–Trinajstić information content (AvgIpc) is 2.98. The van der Waals surface area contributed by atoms with Crippen molar-refractivity contribution in [1.29, 1.82) is 0 Å². The molecule has 0 radical (unpaired) electrons. The number of rotatable bonds is 7. The maximum atomic E-state index is 12.0. The number of Topliss-reactive ketones (excluding diaryl/α,β-unsaturated/α-hetero) is 1. The lowest BCUT2D eigenvalue weighted by molar-refractivity contribution is -0.119. The van der Waals surface area contributed by atoms with E-state index in [0.29, 0.717) is 24.3 Å². The van der Waals surface area contributed by atoms with Crippen LogP contribution >= 0.6 is 0 Å². The van der Waals surface area contributed by atoms with Gasteiger partial charge in [0, 0.05) is 19.4 Å². The second-order valence-corrected chi connectivity index (χ2v) is 5.08. The Hall–Kier alpha value is -1.55. The van der Waals surface area contributed by atoms with Crippen molar-refractivity contribution in [1.82, 2.24) is 0 Å². The smallest absolute Gasteiger partial charge is 0.161 e. The van der Waals surface area contributed by atoms with Gasteiger partial charge in [-0.2, -0.15) is 0 Å². The molecule has 0 N–H and O–H groups in total. The van der Waals surface area contributed by atoms with Gasteiger partial charge in [0.05, 0.1) is 20.3 Å². The quantitative estimate of drug-likeness (QED) is 0.769. The molecule has 1 aromatic rings. The van der Waals surface area contributed by atoms with Crippen LogP contribution in [0.3, 0.4) is 0 Å². The van der Waals surface area contributed by atoms with Gasteiger partial charge in [0.15, 0.2) is 11.5 Å². The summed E-state index contributed by atoms with van der Waals surface area (Å²) >= 11 is 0. The Morgan fingerprint density at radius 2 is 2.10 bits per heavy atom. The maximum Gasteiger partial charge on any atom is 0.161 e. The highest BCUT2D eigenvalue weighted by Crippen LogP contribution is 2.28. The Balaban J connectivity index is 1.86. The molecule has 1 heterocycles. The van der Waals surface area contributed by atoms with Gasteiger partial charge in [0.1, 0.15) is 5.78 Å². The number of carbonyl (C=O) groups excluding carboxylic acids is 1. The third kappa shape index (κ3) is 3.97. The zero-order chi connectivity index (χ0) is 14.4. The molecule has 2 rings (SSSR count). The molecule has 0 spiro atoms. The summed E-state index contributed by atoms with van der Waals surface area (Å²) in [5, 5.41) is 0. The predicted octanol–water partition coefficient (Wildman–Crippen LogP) is 2.77. The molecule has 0 amide bonds. The molecule has 1 unspecified atom stereocenters. The maximum absolute atomic E-state index is 12.0. The minimum absolute atomic E-state index is 0.243. The molecule has 0 aromatic heterocycles. The number of benzene rings is 1. The fourth-order valence-electron chi connectivity index (χ4n) is 2.50. The first-order valence-electron chi connectivity index (χ1n) is 7.07. The van der Waals surface area contributed by atoms with Gasteiger partial charge in [-0.05, 0) is 37.0 Å². The van der Waals surface area contributed by atoms with Gasteiger partial charge in [-0.1, -0.05) is 6.07 Å². The summed E-state index contributed by atoms with van der Waals surface area (Å²) in [5.41, 5.74) is 0.958. The van der Waals surface area contributed by atoms with E-state index < -0.39 is 0 Å². The van der Waals surface area contributed by atoms with Crippen LogP contribution in [-0.2, 0) is 16.0 Å².